The van der Waals surface area contributed by atoms with Crippen molar-refractivity contribution in [2.24, 2.45) is 23.1 Å². The molecule has 4 heteroatoms. The highest BCUT2D eigenvalue weighted by molar-refractivity contribution is 5.06. The molecule has 0 bridgehead atoms. The fourth-order valence-corrected chi connectivity index (χ4v) is 0.823. The smallest absolute Gasteiger partial charge is 0.0312 e. The Balaban J connectivity index is 0.000000281. The van der Waals surface area contributed by atoms with E-state index in [1.54, 1.807) is 12.4 Å². The van der Waals surface area contributed by atoms with E-state index in [1.807, 2.05) is 26.0 Å². The first kappa shape index (κ1) is 15.0. The summed E-state index contributed by atoms with van der Waals surface area (Å²) in [6, 6.07) is 3.83. The molecule has 0 amide bonds. The molecule has 0 spiro atoms. The lowest BCUT2D eigenvalue weighted by Gasteiger charge is -2.25. The maximum absolute atomic E-state index is 5.71. The van der Waals surface area contributed by atoms with Gasteiger partial charge in [-0.05, 0) is 37.9 Å². The Morgan fingerprint density at radius 2 is 2.00 bits per heavy atom. The monoisotopic (exact) mass is 224 g/mol. The van der Waals surface area contributed by atoms with Crippen LogP contribution in [0.4, 0.5) is 0 Å². The maximum Gasteiger partial charge on any atom is 0.0312 e. The number of pyridine rings is 1. The normalized spacial score (nSPS) is 12.6. The standard InChI is InChI=1S/C6H8N2.C6H16N2/c7-4-6-2-1-3-8-5-6;1-5(4-7)6(2,3)8/h1-3,5H,4,7H2;5H,4,7-8H2,1-3H3. The van der Waals surface area contributed by atoms with E-state index in [9.17, 15) is 0 Å². The SMILES string of the molecule is CC(CN)C(C)(C)N.NCc1cccnc1. The fraction of sp³-hybridized carbons (Fsp3) is 0.583. The topological polar surface area (TPSA) is 91.0 Å². The molecule has 1 heterocycles. The lowest BCUT2D eigenvalue weighted by molar-refractivity contribution is 0.354. The number of hydrogen-bond donors (Lipinski definition) is 3. The number of rotatable bonds is 3. The molecule has 0 saturated carbocycles. The molecule has 1 aromatic rings. The Morgan fingerprint density at radius 3 is 2.19 bits per heavy atom. The first-order valence-corrected chi connectivity index (χ1v) is 5.49. The first-order chi connectivity index (χ1) is 7.41. The van der Waals surface area contributed by atoms with Gasteiger partial charge in [-0.2, -0.15) is 0 Å². The summed E-state index contributed by atoms with van der Waals surface area (Å²) in [5.41, 5.74) is 17.4. The summed E-state index contributed by atoms with van der Waals surface area (Å²) in [7, 11) is 0. The summed E-state index contributed by atoms with van der Waals surface area (Å²) in [5.74, 6) is 0.405. The van der Waals surface area contributed by atoms with Crippen LogP contribution in [-0.4, -0.2) is 17.1 Å². The van der Waals surface area contributed by atoms with Crippen molar-refractivity contribution in [1.82, 2.24) is 4.98 Å². The zero-order chi connectivity index (χ0) is 12.6. The van der Waals surface area contributed by atoms with Crippen LogP contribution in [0.3, 0.4) is 0 Å². The van der Waals surface area contributed by atoms with Crippen LogP contribution in [0.25, 0.3) is 0 Å². The van der Waals surface area contributed by atoms with Gasteiger partial charge >= 0.3 is 0 Å². The van der Waals surface area contributed by atoms with Gasteiger partial charge in [0.25, 0.3) is 0 Å². The third kappa shape index (κ3) is 6.50. The van der Waals surface area contributed by atoms with E-state index in [2.05, 4.69) is 11.9 Å². The van der Waals surface area contributed by atoms with Gasteiger partial charge in [-0.3, -0.25) is 4.98 Å². The third-order valence-corrected chi connectivity index (χ3v) is 2.58. The zero-order valence-electron chi connectivity index (χ0n) is 10.5. The van der Waals surface area contributed by atoms with E-state index >= 15 is 0 Å². The van der Waals surface area contributed by atoms with Crippen LogP contribution in [0.1, 0.15) is 26.3 Å². The number of nitrogens with two attached hydrogens (primary N) is 3. The average molecular weight is 224 g/mol. The summed E-state index contributed by atoms with van der Waals surface area (Å²) >= 11 is 0. The Morgan fingerprint density at radius 1 is 1.38 bits per heavy atom. The van der Waals surface area contributed by atoms with Crippen molar-refractivity contribution in [2.45, 2.75) is 32.9 Å². The summed E-state index contributed by atoms with van der Waals surface area (Å²) in [6.45, 7) is 7.28. The molecule has 0 fully saturated rings. The van der Waals surface area contributed by atoms with Gasteiger partial charge in [0, 0.05) is 24.5 Å². The second-order valence-corrected chi connectivity index (χ2v) is 4.52. The molecular weight excluding hydrogens is 200 g/mol. The molecule has 0 aromatic carbocycles. The molecule has 0 aliphatic heterocycles. The molecule has 1 unspecified atom stereocenters. The Bertz CT molecular complexity index is 266. The molecule has 6 N–H and O–H groups in total. The second kappa shape index (κ2) is 7.33. The van der Waals surface area contributed by atoms with Crippen molar-refractivity contribution in [3.63, 3.8) is 0 Å². The van der Waals surface area contributed by atoms with Crippen molar-refractivity contribution in [2.75, 3.05) is 6.54 Å². The van der Waals surface area contributed by atoms with Crippen LogP contribution in [-0.2, 0) is 6.54 Å². The highest BCUT2D eigenvalue weighted by Gasteiger charge is 2.17. The first-order valence-electron chi connectivity index (χ1n) is 5.49. The van der Waals surface area contributed by atoms with Crippen molar-refractivity contribution in [3.8, 4) is 0 Å². The average Bonchev–Trinajstić information content (AvgIpc) is 2.28. The molecule has 0 aliphatic carbocycles. The van der Waals surface area contributed by atoms with E-state index in [0.717, 1.165) is 5.56 Å². The van der Waals surface area contributed by atoms with Gasteiger partial charge in [0.15, 0.2) is 0 Å². The van der Waals surface area contributed by atoms with Gasteiger partial charge < -0.3 is 17.2 Å². The van der Waals surface area contributed by atoms with Crippen molar-refractivity contribution < 1.29 is 0 Å². The van der Waals surface area contributed by atoms with Crippen molar-refractivity contribution in [3.05, 3.63) is 30.1 Å². The molecule has 1 rings (SSSR count). The van der Waals surface area contributed by atoms with Crippen molar-refractivity contribution >= 4 is 0 Å². The van der Waals surface area contributed by atoms with Crippen LogP contribution >= 0.6 is 0 Å². The Hall–Kier alpha value is -0.970. The summed E-state index contributed by atoms with van der Waals surface area (Å²) in [5, 5.41) is 0. The quantitative estimate of drug-likeness (QED) is 0.710. The van der Waals surface area contributed by atoms with E-state index in [4.69, 9.17) is 17.2 Å². The van der Waals surface area contributed by atoms with Gasteiger partial charge in [0.1, 0.15) is 0 Å². The molecule has 1 atom stereocenters. The van der Waals surface area contributed by atoms with E-state index in [1.165, 1.54) is 0 Å². The van der Waals surface area contributed by atoms with Crippen LogP contribution in [0.15, 0.2) is 24.5 Å². The molecule has 4 nitrogen and oxygen atoms in total. The van der Waals surface area contributed by atoms with E-state index in [0.29, 0.717) is 19.0 Å². The zero-order valence-corrected chi connectivity index (χ0v) is 10.5. The highest BCUT2D eigenvalue weighted by Crippen LogP contribution is 2.09. The van der Waals surface area contributed by atoms with Crippen LogP contribution in [0.5, 0.6) is 0 Å². The predicted molar refractivity (Wildman–Crippen MR) is 68.6 cm³/mol. The molecular formula is C12H24N4. The minimum atomic E-state index is -0.116. The minimum Gasteiger partial charge on any atom is -0.330 e. The molecule has 92 valence electrons. The number of nitrogens with zero attached hydrogens (tertiary/aromatic N) is 1. The Labute approximate surface area is 98.2 Å². The van der Waals surface area contributed by atoms with Gasteiger partial charge in [-0.25, -0.2) is 0 Å². The van der Waals surface area contributed by atoms with Crippen molar-refractivity contribution in [1.29, 1.82) is 0 Å². The Kier molecular flexibility index (Phi) is 6.88. The number of aromatic nitrogens is 1. The summed E-state index contributed by atoms with van der Waals surface area (Å²) < 4.78 is 0. The second-order valence-electron chi connectivity index (χ2n) is 4.52. The molecule has 16 heavy (non-hydrogen) atoms. The molecule has 1 aromatic heterocycles. The maximum atomic E-state index is 5.71. The van der Waals surface area contributed by atoms with Crippen LogP contribution in [0.2, 0.25) is 0 Å². The van der Waals surface area contributed by atoms with Crippen LogP contribution < -0.4 is 17.2 Å². The van der Waals surface area contributed by atoms with Gasteiger partial charge in [-0.15, -0.1) is 0 Å². The minimum absolute atomic E-state index is 0.116. The van der Waals surface area contributed by atoms with E-state index in [-0.39, 0.29) is 5.54 Å². The predicted octanol–water partition coefficient (Wildman–Crippen LogP) is 0.859. The third-order valence-electron chi connectivity index (χ3n) is 2.58. The van der Waals surface area contributed by atoms with Gasteiger partial charge in [-0.1, -0.05) is 13.0 Å². The highest BCUT2D eigenvalue weighted by atomic mass is 14.7. The summed E-state index contributed by atoms with van der Waals surface area (Å²) in [4.78, 5) is 3.88. The van der Waals surface area contributed by atoms with Gasteiger partial charge in [0.2, 0.25) is 0 Å². The molecule has 0 aliphatic rings. The summed E-state index contributed by atoms with van der Waals surface area (Å²) in [6.07, 6.45) is 3.50. The molecule has 0 saturated heterocycles. The fourth-order valence-electron chi connectivity index (χ4n) is 0.823. The lowest BCUT2D eigenvalue weighted by atomic mass is 9.91. The number of hydrogen-bond acceptors (Lipinski definition) is 4. The lowest BCUT2D eigenvalue weighted by Crippen LogP contribution is -2.42. The molecule has 0 radical (unpaired) electrons. The van der Waals surface area contributed by atoms with E-state index < -0.39 is 0 Å². The van der Waals surface area contributed by atoms with Crippen LogP contribution in [0, 0.1) is 5.92 Å². The van der Waals surface area contributed by atoms with Gasteiger partial charge in [0.05, 0.1) is 0 Å². The largest absolute Gasteiger partial charge is 0.330 e.